The summed E-state index contributed by atoms with van der Waals surface area (Å²) in [6.45, 7) is 3.72. The molecule has 0 aliphatic carbocycles. The van der Waals surface area contributed by atoms with E-state index in [1.54, 1.807) is 18.5 Å². The minimum absolute atomic E-state index is 0. The van der Waals surface area contributed by atoms with Crippen molar-refractivity contribution in [3.8, 4) is 22.9 Å². The van der Waals surface area contributed by atoms with Crippen molar-refractivity contribution in [2.45, 2.75) is 25.9 Å². The van der Waals surface area contributed by atoms with Crippen LogP contribution in [0.1, 0.15) is 24.1 Å². The Hall–Kier alpha value is -3.05. The SMILES string of the molecule is Cc1[nH]ncc1-c1ccc2ncnc(N3CCC(Oc4cccc(C#N)c4)CC3)c2c1.Cl.Cl.Cl. The lowest BCUT2D eigenvalue weighted by molar-refractivity contribution is 0.171. The lowest BCUT2D eigenvalue weighted by Crippen LogP contribution is -2.38. The van der Waals surface area contributed by atoms with Crippen LogP contribution in [-0.4, -0.2) is 39.4 Å². The number of aryl methyl sites for hydroxylation is 1. The summed E-state index contributed by atoms with van der Waals surface area (Å²) in [5.74, 6) is 1.71. The molecule has 0 spiro atoms. The number of halogens is 3. The van der Waals surface area contributed by atoms with Crippen LogP contribution in [0.3, 0.4) is 0 Å². The third kappa shape index (κ3) is 5.53. The molecule has 1 saturated heterocycles. The Morgan fingerprint density at radius 3 is 2.56 bits per heavy atom. The van der Waals surface area contributed by atoms with Crippen LogP contribution in [0.25, 0.3) is 22.0 Å². The standard InChI is InChI=1S/C24H22N6O.3ClH/c1-16-22(14-28-29-16)18-5-6-23-21(12-18)24(27-15-26-23)30-9-7-19(8-10-30)31-20-4-2-3-17(11-20)13-25;;;/h2-6,11-12,14-15,19H,7-10H2,1H3,(H,28,29);3*1H. The second kappa shape index (κ2) is 11.9. The molecule has 0 radical (unpaired) electrons. The average molecular weight is 520 g/mol. The average Bonchev–Trinajstić information content (AvgIpc) is 3.25. The summed E-state index contributed by atoms with van der Waals surface area (Å²) in [6.07, 6.45) is 5.40. The number of ether oxygens (including phenoxy) is 1. The van der Waals surface area contributed by atoms with E-state index in [9.17, 15) is 0 Å². The fourth-order valence-electron chi connectivity index (χ4n) is 4.12. The van der Waals surface area contributed by atoms with E-state index in [1.165, 1.54) is 0 Å². The monoisotopic (exact) mass is 518 g/mol. The minimum Gasteiger partial charge on any atom is -0.490 e. The molecular formula is C24H25Cl3N6O. The van der Waals surface area contributed by atoms with Crippen molar-refractivity contribution in [2.24, 2.45) is 0 Å². The molecule has 4 aromatic rings. The number of nitriles is 1. The normalized spacial score (nSPS) is 13.2. The number of H-pyrrole nitrogens is 1. The van der Waals surface area contributed by atoms with Gasteiger partial charge in [0.15, 0.2) is 0 Å². The number of fused-ring (bicyclic) bond motifs is 1. The van der Waals surface area contributed by atoms with E-state index in [2.05, 4.69) is 43.3 Å². The number of nitrogens with one attached hydrogen (secondary N) is 1. The first-order valence-corrected chi connectivity index (χ1v) is 10.4. The second-order valence-corrected chi connectivity index (χ2v) is 7.78. The fourth-order valence-corrected chi connectivity index (χ4v) is 4.12. The predicted octanol–water partition coefficient (Wildman–Crippen LogP) is 5.51. The Morgan fingerprint density at radius 2 is 1.85 bits per heavy atom. The van der Waals surface area contributed by atoms with E-state index < -0.39 is 0 Å². The van der Waals surface area contributed by atoms with Gasteiger partial charge in [0.25, 0.3) is 0 Å². The molecule has 0 unspecified atom stereocenters. The van der Waals surface area contributed by atoms with Gasteiger partial charge in [0.05, 0.1) is 23.3 Å². The van der Waals surface area contributed by atoms with Gasteiger partial charge in [-0.05, 0) is 42.8 Å². The molecule has 2 aromatic heterocycles. The number of hydrogen-bond acceptors (Lipinski definition) is 6. The maximum Gasteiger partial charge on any atom is 0.139 e. The number of nitrogens with zero attached hydrogens (tertiary/aromatic N) is 5. The third-order valence-electron chi connectivity index (χ3n) is 5.76. The van der Waals surface area contributed by atoms with Crippen LogP contribution in [0.15, 0.2) is 55.0 Å². The van der Waals surface area contributed by atoms with Crippen LogP contribution in [-0.2, 0) is 0 Å². The van der Waals surface area contributed by atoms with Crippen molar-refractivity contribution in [3.05, 3.63) is 66.2 Å². The summed E-state index contributed by atoms with van der Waals surface area (Å²) >= 11 is 0. The van der Waals surface area contributed by atoms with Crippen LogP contribution in [0.4, 0.5) is 5.82 Å². The number of aromatic amines is 1. The summed E-state index contributed by atoms with van der Waals surface area (Å²) < 4.78 is 6.13. The van der Waals surface area contributed by atoms with Crippen molar-refractivity contribution < 1.29 is 4.74 Å². The molecule has 0 saturated carbocycles. The van der Waals surface area contributed by atoms with Gasteiger partial charge in [-0.2, -0.15) is 10.4 Å². The molecule has 5 rings (SSSR count). The highest BCUT2D eigenvalue weighted by atomic mass is 35.5. The molecule has 0 atom stereocenters. The number of piperidine rings is 1. The number of anilines is 1. The van der Waals surface area contributed by atoms with Crippen LogP contribution >= 0.6 is 37.2 Å². The van der Waals surface area contributed by atoms with Crippen LogP contribution in [0, 0.1) is 18.3 Å². The van der Waals surface area contributed by atoms with Gasteiger partial charge >= 0.3 is 0 Å². The Morgan fingerprint density at radius 1 is 1.06 bits per heavy atom. The van der Waals surface area contributed by atoms with Gasteiger partial charge in [-0.1, -0.05) is 12.1 Å². The Bertz CT molecular complexity index is 1280. The minimum atomic E-state index is 0. The lowest BCUT2D eigenvalue weighted by Gasteiger charge is -2.33. The quantitative estimate of drug-likeness (QED) is 0.382. The van der Waals surface area contributed by atoms with Crippen molar-refractivity contribution in [1.29, 1.82) is 5.26 Å². The molecule has 34 heavy (non-hydrogen) atoms. The van der Waals surface area contributed by atoms with E-state index in [0.29, 0.717) is 5.56 Å². The maximum atomic E-state index is 9.08. The number of hydrogen-bond donors (Lipinski definition) is 1. The molecule has 178 valence electrons. The number of rotatable bonds is 4. The topological polar surface area (TPSA) is 90.7 Å². The van der Waals surface area contributed by atoms with Gasteiger partial charge < -0.3 is 9.64 Å². The summed E-state index contributed by atoms with van der Waals surface area (Å²) in [7, 11) is 0. The summed E-state index contributed by atoms with van der Waals surface area (Å²) in [5.41, 5.74) is 4.78. The smallest absolute Gasteiger partial charge is 0.139 e. The Kier molecular flexibility index (Phi) is 9.51. The zero-order valence-electron chi connectivity index (χ0n) is 18.5. The predicted molar refractivity (Wildman–Crippen MR) is 141 cm³/mol. The zero-order valence-corrected chi connectivity index (χ0v) is 20.9. The molecular weight excluding hydrogens is 495 g/mol. The van der Waals surface area contributed by atoms with E-state index >= 15 is 0 Å². The van der Waals surface area contributed by atoms with Crippen molar-refractivity contribution in [2.75, 3.05) is 18.0 Å². The van der Waals surface area contributed by atoms with E-state index in [0.717, 1.165) is 65.2 Å². The summed E-state index contributed by atoms with van der Waals surface area (Å²) in [5, 5.41) is 17.3. The van der Waals surface area contributed by atoms with E-state index in [-0.39, 0.29) is 43.3 Å². The molecule has 0 bridgehead atoms. The lowest BCUT2D eigenvalue weighted by atomic mass is 10.0. The Labute approximate surface area is 216 Å². The van der Waals surface area contributed by atoms with Crippen molar-refractivity contribution >= 4 is 53.9 Å². The molecule has 1 aliphatic rings. The van der Waals surface area contributed by atoms with Gasteiger partial charge in [-0.25, -0.2) is 9.97 Å². The highest BCUT2D eigenvalue weighted by molar-refractivity contribution is 5.93. The summed E-state index contributed by atoms with van der Waals surface area (Å²) in [4.78, 5) is 11.4. The van der Waals surface area contributed by atoms with Gasteiger partial charge in [0, 0.05) is 42.6 Å². The van der Waals surface area contributed by atoms with Gasteiger partial charge in [0.1, 0.15) is 24.0 Å². The molecule has 10 heteroatoms. The van der Waals surface area contributed by atoms with Gasteiger partial charge in [-0.3, -0.25) is 5.10 Å². The fraction of sp³-hybridized carbons (Fsp3) is 0.250. The van der Waals surface area contributed by atoms with Crippen molar-refractivity contribution in [1.82, 2.24) is 20.2 Å². The highest BCUT2D eigenvalue weighted by Crippen LogP contribution is 2.31. The second-order valence-electron chi connectivity index (χ2n) is 7.78. The van der Waals surface area contributed by atoms with Gasteiger partial charge in [0.2, 0.25) is 0 Å². The molecule has 1 aliphatic heterocycles. The van der Waals surface area contributed by atoms with Crippen molar-refractivity contribution in [3.63, 3.8) is 0 Å². The van der Waals surface area contributed by atoms with Crippen LogP contribution in [0.2, 0.25) is 0 Å². The number of aromatic nitrogens is 4. The maximum absolute atomic E-state index is 9.08. The first-order valence-electron chi connectivity index (χ1n) is 10.4. The molecule has 1 fully saturated rings. The molecule has 2 aromatic carbocycles. The Balaban J connectivity index is 0.00000136. The largest absolute Gasteiger partial charge is 0.490 e. The molecule has 1 N–H and O–H groups in total. The van der Waals surface area contributed by atoms with E-state index in [4.69, 9.17) is 10.00 Å². The first kappa shape index (κ1) is 27.2. The van der Waals surface area contributed by atoms with Crippen LogP contribution < -0.4 is 9.64 Å². The zero-order chi connectivity index (χ0) is 21.2. The first-order chi connectivity index (χ1) is 15.2. The van der Waals surface area contributed by atoms with Crippen LogP contribution in [0.5, 0.6) is 5.75 Å². The molecule has 0 amide bonds. The van der Waals surface area contributed by atoms with E-state index in [1.807, 2.05) is 31.3 Å². The number of benzene rings is 2. The van der Waals surface area contributed by atoms with Gasteiger partial charge in [-0.15, -0.1) is 37.2 Å². The highest BCUT2D eigenvalue weighted by Gasteiger charge is 2.23. The summed E-state index contributed by atoms with van der Waals surface area (Å²) in [6, 6.07) is 15.8. The third-order valence-corrected chi connectivity index (χ3v) is 5.76. The molecule has 3 heterocycles. The molecule has 7 nitrogen and oxygen atoms in total.